The number of hydrogen-bond donors (Lipinski definition) is 1. The monoisotopic (exact) mass is 628 g/mol. The predicted molar refractivity (Wildman–Crippen MR) is 163 cm³/mol. The molecule has 0 unspecified atom stereocenters. The minimum absolute atomic E-state index is 0.00483. The van der Waals surface area contributed by atoms with Crippen LogP contribution in [0.5, 0.6) is 11.5 Å². The van der Waals surface area contributed by atoms with Crippen molar-refractivity contribution >= 4 is 46.1 Å². The number of Topliss-reactive ketones (excluding diaryl/α,β-unsaturated/α-hetero) is 1. The molecule has 2 aromatic carbocycles. The lowest BCUT2D eigenvalue weighted by Gasteiger charge is -2.42. The Morgan fingerprint density at radius 2 is 1.63 bits per heavy atom. The third kappa shape index (κ3) is 4.39. The highest BCUT2D eigenvalue weighted by Gasteiger charge is 2.57. The molecule has 46 heavy (non-hydrogen) atoms. The number of nitro groups is 2. The lowest BCUT2D eigenvalue weighted by atomic mass is 9.59. The van der Waals surface area contributed by atoms with Crippen LogP contribution in [0.3, 0.4) is 0 Å². The number of ether oxygens (including phenoxy) is 1. The maximum absolute atomic E-state index is 14.2. The molecule has 0 saturated carbocycles. The van der Waals surface area contributed by atoms with Gasteiger partial charge in [0.1, 0.15) is 0 Å². The molecule has 14 nitrogen and oxygen atoms in total. The summed E-state index contributed by atoms with van der Waals surface area (Å²) in [5, 5.41) is 34.2. The molecule has 236 valence electrons. The largest absolute Gasteiger partial charge is 0.504 e. The summed E-state index contributed by atoms with van der Waals surface area (Å²) in [5.41, 5.74) is 0.0352. The molecule has 3 aliphatic carbocycles. The first kappa shape index (κ1) is 30.4. The molecule has 0 aromatic heterocycles. The number of hydrogen-bond acceptors (Lipinski definition) is 11. The van der Waals surface area contributed by atoms with E-state index in [9.17, 15) is 44.5 Å². The van der Waals surface area contributed by atoms with Crippen LogP contribution < -0.4 is 14.5 Å². The van der Waals surface area contributed by atoms with Gasteiger partial charge in [0.15, 0.2) is 28.8 Å². The number of imide groups is 1. The molecule has 1 fully saturated rings. The second-order valence-corrected chi connectivity index (χ2v) is 11.9. The van der Waals surface area contributed by atoms with Crippen molar-refractivity contribution < 1.29 is 38.9 Å². The number of phenols is 1. The summed E-state index contributed by atoms with van der Waals surface area (Å²) in [6, 6.07) is 6.53. The van der Waals surface area contributed by atoms with E-state index in [1.807, 2.05) is 0 Å². The van der Waals surface area contributed by atoms with E-state index in [2.05, 4.69) is 0 Å². The topological polar surface area (TPSA) is 190 Å². The average molecular weight is 629 g/mol. The third-order valence-electron chi connectivity index (χ3n) is 9.26. The Hall–Kier alpha value is -5.66. The Balaban J connectivity index is 1.49. The summed E-state index contributed by atoms with van der Waals surface area (Å²) in [4.78, 5) is 79.4. The Labute approximate surface area is 261 Å². The lowest BCUT2D eigenvalue weighted by Crippen LogP contribution is -2.39. The highest BCUT2D eigenvalue weighted by atomic mass is 16.6. The highest BCUT2D eigenvalue weighted by Crippen LogP contribution is 2.56. The molecule has 4 atom stereocenters. The normalized spacial score (nSPS) is 23.8. The number of amides is 2. The number of allylic oxidation sites excluding steroid dienone is 6. The van der Waals surface area contributed by atoms with Crippen LogP contribution in [0, 0.1) is 38.0 Å². The summed E-state index contributed by atoms with van der Waals surface area (Å²) in [5.74, 6) is -5.51. The lowest BCUT2D eigenvalue weighted by molar-refractivity contribution is -0.392. The van der Waals surface area contributed by atoms with Crippen molar-refractivity contribution in [1.29, 1.82) is 0 Å². The van der Waals surface area contributed by atoms with E-state index in [0.717, 1.165) is 17.0 Å². The molecule has 0 bridgehead atoms. The molecule has 6 rings (SSSR count). The maximum Gasteiger partial charge on any atom is 0.301 e. The molecule has 4 aliphatic rings. The summed E-state index contributed by atoms with van der Waals surface area (Å²) in [7, 11) is 4.18. The van der Waals surface area contributed by atoms with Gasteiger partial charge >= 0.3 is 11.4 Å². The van der Waals surface area contributed by atoms with Crippen LogP contribution in [-0.2, 0) is 19.2 Å². The second kappa shape index (κ2) is 10.8. The number of nitro benzene ring substituents is 2. The van der Waals surface area contributed by atoms with E-state index in [-0.39, 0.29) is 64.0 Å². The smallest absolute Gasteiger partial charge is 0.301 e. The molecule has 2 aromatic rings. The number of nitrogens with zero attached hydrogens (tertiary/aromatic N) is 4. The molecular weight excluding hydrogens is 600 g/mol. The molecule has 1 saturated heterocycles. The first-order valence-electron chi connectivity index (χ1n) is 14.4. The summed E-state index contributed by atoms with van der Waals surface area (Å²) < 4.78 is 5.30. The summed E-state index contributed by atoms with van der Waals surface area (Å²) in [6.07, 6.45) is 3.13. The van der Waals surface area contributed by atoms with Gasteiger partial charge in [-0.3, -0.25) is 39.4 Å². The summed E-state index contributed by atoms with van der Waals surface area (Å²) >= 11 is 0. The van der Waals surface area contributed by atoms with E-state index in [1.54, 1.807) is 25.1 Å². The number of ketones is 2. The fourth-order valence-electron chi connectivity index (χ4n) is 7.32. The van der Waals surface area contributed by atoms with E-state index in [4.69, 9.17) is 4.74 Å². The molecule has 0 spiro atoms. The third-order valence-corrected chi connectivity index (χ3v) is 9.26. The van der Waals surface area contributed by atoms with Crippen molar-refractivity contribution in [1.82, 2.24) is 0 Å². The van der Waals surface area contributed by atoms with Crippen LogP contribution >= 0.6 is 0 Å². The molecule has 1 aliphatic heterocycles. The number of benzene rings is 2. The zero-order valence-electron chi connectivity index (χ0n) is 25.2. The number of carbonyl (C=O) groups excluding carboxylic acids is 4. The Kier molecular flexibility index (Phi) is 7.10. The molecule has 0 radical (unpaired) electrons. The molecular formula is C32H28N4O10. The van der Waals surface area contributed by atoms with Crippen molar-refractivity contribution in [2.45, 2.75) is 25.7 Å². The van der Waals surface area contributed by atoms with Crippen molar-refractivity contribution in [3.05, 3.63) is 90.6 Å². The Bertz CT molecular complexity index is 1870. The summed E-state index contributed by atoms with van der Waals surface area (Å²) in [6.45, 7) is 1.55. The maximum atomic E-state index is 14.2. The van der Waals surface area contributed by atoms with Crippen molar-refractivity contribution in [2.75, 3.05) is 31.0 Å². The number of methoxy groups -OCH3 is 1. The number of rotatable bonds is 6. The van der Waals surface area contributed by atoms with Crippen molar-refractivity contribution in [3.63, 3.8) is 0 Å². The molecule has 1 N–H and O–H groups in total. The number of phenolic OH excluding ortho intramolecular Hbond substituents is 1. The van der Waals surface area contributed by atoms with Crippen LogP contribution in [0.4, 0.5) is 22.7 Å². The number of aromatic hydroxyl groups is 1. The standard InChI is InChI=1S/C32H28N4O10/c1-14-9-24(38)20-13-19-17(26(28(20)30(14)39)15-5-8-23(37)25(10-15)46-4)6-7-18-27(19)32(41)34(31(18)40)16-11-21(35(42)43)29(33(2)3)22(12-16)36(44)45/h5-6,8-12,18-19,26-27,37H,7,13H2,1-4H3/t18-,19+,26-,27-/m0/s1. The van der Waals surface area contributed by atoms with Gasteiger partial charge in [0.2, 0.25) is 11.8 Å². The first-order chi connectivity index (χ1) is 21.8. The van der Waals surface area contributed by atoms with Gasteiger partial charge in [0, 0.05) is 48.9 Å². The average Bonchev–Trinajstić information content (AvgIpc) is 3.27. The Morgan fingerprint density at radius 1 is 0.978 bits per heavy atom. The number of carbonyl (C=O) groups is 4. The number of anilines is 2. The fraction of sp³-hybridized carbons (Fsp3) is 0.312. The van der Waals surface area contributed by atoms with E-state index in [0.29, 0.717) is 11.1 Å². The zero-order chi connectivity index (χ0) is 33.4. The van der Waals surface area contributed by atoms with Crippen LogP contribution in [0.1, 0.15) is 31.2 Å². The van der Waals surface area contributed by atoms with E-state index >= 15 is 0 Å². The zero-order valence-corrected chi connectivity index (χ0v) is 25.2. The minimum atomic E-state index is -1.01. The number of fused-ring (bicyclic) bond motifs is 3. The van der Waals surface area contributed by atoms with Gasteiger partial charge in [-0.15, -0.1) is 0 Å². The molecule has 14 heteroatoms. The van der Waals surface area contributed by atoms with E-state index < -0.39 is 56.7 Å². The minimum Gasteiger partial charge on any atom is -0.504 e. The van der Waals surface area contributed by atoms with Crippen LogP contribution in [0.15, 0.2) is 64.8 Å². The van der Waals surface area contributed by atoms with Crippen molar-refractivity contribution in [2.24, 2.45) is 17.8 Å². The van der Waals surface area contributed by atoms with Crippen molar-refractivity contribution in [3.8, 4) is 11.5 Å². The van der Waals surface area contributed by atoms with Gasteiger partial charge in [0.05, 0.1) is 34.5 Å². The van der Waals surface area contributed by atoms with Crippen LogP contribution in [0.2, 0.25) is 0 Å². The van der Waals surface area contributed by atoms with Crippen LogP contribution in [-0.4, -0.2) is 59.5 Å². The van der Waals surface area contributed by atoms with Gasteiger partial charge in [-0.25, -0.2) is 4.90 Å². The second-order valence-electron chi connectivity index (χ2n) is 11.9. The van der Waals surface area contributed by atoms with E-state index in [1.165, 1.54) is 38.2 Å². The van der Waals surface area contributed by atoms with Gasteiger partial charge in [0.25, 0.3) is 0 Å². The van der Waals surface area contributed by atoms with Gasteiger partial charge in [-0.05, 0) is 49.5 Å². The predicted octanol–water partition coefficient (Wildman–Crippen LogP) is 3.92. The first-order valence-corrected chi connectivity index (χ1v) is 14.4. The van der Waals surface area contributed by atoms with Gasteiger partial charge in [-0.1, -0.05) is 17.7 Å². The fourth-order valence-corrected chi connectivity index (χ4v) is 7.32. The quantitative estimate of drug-likeness (QED) is 0.160. The Morgan fingerprint density at radius 3 is 2.22 bits per heavy atom. The molecule has 2 amide bonds. The molecule has 1 heterocycles. The SMILES string of the molecule is COc1cc([C@H]2C3=CC[C@@H]4C(=O)N(c5cc([N+](=O)[O-])c(N(C)C)c([N+](=O)[O-])c5)C(=O)[C@@H]4[C@@H]3CC3=C2C(=O)C(C)=CC3=O)ccc1O. The highest BCUT2D eigenvalue weighted by molar-refractivity contribution is 6.25. The van der Waals surface area contributed by atoms with Gasteiger partial charge < -0.3 is 14.7 Å². The van der Waals surface area contributed by atoms with Crippen LogP contribution in [0.25, 0.3) is 0 Å². The van der Waals surface area contributed by atoms with Gasteiger partial charge in [-0.2, -0.15) is 0 Å².